The zero-order chi connectivity index (χ0) is 11.7. The van der Waals surface area contributed by atoms with E-state index in [1.807, 2.05) is 13.0 Å². The van der Waals surface area contributed by atoms with Crippen molar-refractivity contribution in [2.24, 2.45) is 11.7 Å². The highest BCUT2D eigenvalue weighted by atomic mass is 79.9. The molecule has 0 amide bonds. The molecule has 0 saturated carbocycles. The number of methoxy groups -OCH3 is 1. The Bertz CT molecular complexity index is 393. The lowest BCUT2D eigenvalue weighted by atomic mass is 9.91. The van der Waals surface area contributed by atoms with E-state index in [0.717, 1.165) is 22.4 Å². The summed E-state index contributed by atoms with van der Waals surface area (Å²) in [5.41, 5.74) is 7.08. The molecule has 1 aromatic rings. The Hall–Kier alpha value is -0.740. The van der Waals surface area contributed by atoms with Crippen LogP contribution >= 0.6 is 15.9 Å². The van der Waals surface area contributed by atoms with Crippen LogP contribution in [0.3, 0.4) is 0 Å². The molecule has 2 atom stereocenters. The van der Waals surface area contributed by atoms with E-state index in [9.17, 15) is 0 Å². The molecule has 16 heavy (non-hydrogen) atoms. The Morgan fingerprint density at radius 1 is 1.56 bits per heavy atom. The van der Waals surface area contributed by atoms with Crippen molar-refractivity contribution in [2.75, 3.05) is 13.7 Å². The number of hydrogen-bond acceptors (Lipinski definition) is 3. The SMILES string of the molecule is COc1cc(Br)cc2c1OCC(C(C)N)C2. The summed E-state index contributed by atoms with van der Waals surface area (Å²) in [5, 5.41) is 0. The highest BCUT2D eigenvalue weighted by Gasteiger charge is 2.25. The molecule has 4 heteroatoms. The van der Waals surface area contributed by atoms with Crippen molar-refractivity contribution in [1.82, 2.24) is 0 Å². The number of nitrogens with two attached hydrogens (primary N) is 1. The topological polar surface area (TPSA) is 44.5 Å². The molecule has 1 aliphatic heterocycles. The highest BCUT2D eigenvalue weighted by molar-refractivity contribution is 9.10. The molecule has 0 aliphatic carbocycles. The van der Waals surface area contributed by atoms with Crippen molar-refractivity contribution in [3.05, 3.63) is 22.2 Å². The van der Waals surface area contributed by atoms with Gasteiger partial charge < -0.3 is 15.2 Å². The quantitative estimate of drug-likeness (QED) is 0.907. The standard InChI is InChI=1S/C12H16BrNO2/c1-7(14)9-3-8-4-10(13)5-11(15-2)12(8)16-6-9/h4-5,7,9H,3,6,14H2,1-2H3. The number of fused-ring (bicyclic) bond motifs is 1. The summed E-state index contributed by atoms with van der Waals surface area (Å²) < 4.78 is 12.1. The van der Waals surface area contributed by atoms with E-state index < -0.39 is 0 Å². The van der Waals surface area contributed by atoms with Gasteiger partial charge in [0.05, 0.1) is 13.7 Å². The predicted molar refractivity (Wildman–Crippen MR) is 67.0 cm³/mol. The van der Waals surface area contributed by atoms with Gasteiger partial charge in [-0.25, -0.2) is 0 Å². The van der Waals surface area contributed by atoms with Gasteiger partial charge in [0.25, 0.3) is 0 Å². The van der Waals surface area contributed by atoms with Crippen LogP contribution in [0.2, 0.25) is 0 Å². The molecule has 0 spiro atoms. The average Bonchev–Trinajstić information content (AvgIpc) is 2.26. The Labute approximate surface area is 104 Å². The summed E-state index contributed by atoms with van der Waals surface area (Å²) in [5.74, 6) is 2.03. The molecular formula is C12H16BrNO2. The van der Waals surface area contributed by atoms with Gasteiger partial charge in [-0.3, -0.25) is 0 Å². The van der Waals surface area contributed by atoms with E-state index in [0.29, 0.717) is 12.5 Å². The maximum absolute atomic E-state index is 5.91. The Morgan fingerprint density at radius 2 is 2.31 bits per heavy atom. The minimum atomic E-state index is 0.151. The fourth-order valence-corrected chi connectivity index (χ4v) is 2.44. The summed E-state index contributed by atoms with van der Waals surface area (Å²) >= 11 is 3.47. The van der Waals surface area contributed by atoms with Gasteiger partial charge in [-0.2, -0.15) is 0 Å². The molecule has 0 radical (unpaired) electrons. The minimum absolute atomic E-state index is 0.151. The van der Waals surface area contributed by atoms with Gasteiger partial charge in [-0.15, -0.1) is 0 Å². The molecule has 1 aromatic carbocycles. The molecule has 0 aromatic heterocycles. The van der Waals surface area contributed by atoms with E-state index in [4.69, 9.17) is 15.2 Å². The average molecular weight is 286 g/mol. The molecule has 1 heterocycles. The van der Waals surface area contributed by atoms with Gasteiger partial charge >= 0.3 is 0 Å². The summed E-state index contributed by atoms with van der Waals surface area (Å²) in [7, 11) is 1.66. The van der Waals surface area contributed by atoms with E-state index in [1.165, 1.54) is 5.56 Å². The molecule has 0 bridgehead atoms. The molecule has 0 fully saturated rings. The molecule has 1 aliphatic rings. The van der Waals surface area contributed by atoms with Gasteiger partial charge in [0.2, 0.25) is 0 Å². The van der Waals surface area contributed by atoms with Gasteiger partial charge in [0, 0.05) is 16.4 Å². The summed E-state index contributed by atoms with van der Waals surface area (Å²) in [4.78, 5) is 0. The van der Waals surface area contributed by atoms with Crippen molar-refractivity contribution < 1.29 is 9.47 Å². The van der Waals surface area contributed by atoms with Crippen LogP contribution in [0.5, 0.6) is 11.5 Å². The summed E-state index contributed by atoms with van der Waals surface area (Å²) in [6.07, 6.45) is 0.947. The van der Waals surface area contributed by atoms with E-state index in [1.54, 1.807) is 7.11 Å². The van der Waals surface area contributed by atoms with Crippen molar-refractivity contribution >= 4 is 15.9 Å². The Morgan fingerprint density at radius 3 is 2.94 bits per heavy atom. The van der Waals surface area contributed by atoms with Crippen LogP contribution in [-0.2, 0) is 6.42 Å². The normalized spacial score (nSPS) is 20.9. The Balaban J connectivity index is 2.35. The van der Waals surface area contributed by atoms with Gasteiger partial charge in [-0.1, -0.05) is 15.9 Å². The van der Waals surface area contributed by atoms with E-state index in [-0.39, 0.29) is 6.04 Å². The van der Waals surface area contributed by atoms with Crippen LogP contribution in [0, 0.1) is 5.92 Å². The number of rotatable bonds is 2. The van der Waals surface area contributed by atoms with Crippen LogP contribution in [0.4, 0.5) is 0 Å². The first kappa shape index (κ1) is 11.7. The van der Waals surface area contributed by atoms with Crippen molar-refractivity contribution in [1.29, 1.82) is 0 Å². The third-order valence-corrected chi connectivity index (χ3v) is 3.44. The second kappa shape index (κ2) is 4.63. The van der Waals surface area contributed by atoms with Crippen molar-refractivity contribution in [2.45, 2.75) is 19.4 Å². The second-order valence-electron chi connectivity index (χ2n) is 4.23. The van der Waals surface area contributed by atoms with Gasteiger partial charge in [-0.05, 0) is 31.0 Å². The summed E-state index contributed by atoms with van der Waals surface area (Å²) in [6.45, 7) is 2.69. The fourth-order valence-electron chi connectivity index (χ4n) is 1.96. The minimum Gasteiger partial charge on any atom is -0.493 e. The number of hydrogen-bond donors (Lipinski definition) is 1. The predicted octanol–water partition coefficient (Wildman–Crippen LogP) is 2.36. The van der Waals surface area contributed by atoms with Crippen LogP contribution in [0.25, 0.3) is 0 Å². The maximum Gasteiger partial charge on any atom is 0.164 e. The lowest BCUT2D eigenvalue weighted by Gasteiger charge is -2.28. The monoisotopic (exact) mass is 285 g/mol. The first-order valence-electron chi connectivity index (χ1n) is 5.36. The van der Waals surface area contributed by atoms with Gasteiger partial charge in [0.1, 0.15) is 0 Å². The lowest BCUT2D eigenvalue weighted by Crippen LogP contribution is -2.35. The van der Waals surface area contributed by atoms with Crippen LogP contribution in [0.1, 0.15) is 12.5 Å². The molecule has 2 unspecified atom stereocenters. The Kier molecular flexibility index (Phi) is 3.40. The van der Waals surface area contributed by atoms with E-state index >= 15 is 0 Å². The number of halogens is 1. The van der Waals surface area contributed by atoms with Crippen molar-refractivity contribution in [3.8, 4) is 11.5 Å². The van der Waals surface area contributed by atoms with Gasteiger partial charge in [0.15, 0.2) is 11.5 Å². The zero-order valence-electron chi connectivity index (χ0n) is 9.50. The number of benzene rings is 1. The molecular weight excluding hydrogens is 270 g/mol. The molecule has 88 valence electrons. The third kappa shape index (κ3) is 2.18. The largest absolute Gasteiger partial charge is 0.493 e. The van der Waals surface area contributed by atoms with E-state index in [2.05, 4.69) is 22.0 Å². The molecule has 3 nitrogen and oxygen atoms in total. The smallest absolute Gasteiger partial charge is 0.164 e. The number of ether oxygens (including phenoxy) is 2. The molecule has 2 N–H and O–H groups in total. The second-order valence-corrected chi connectivity index (χ2v) is 5.15. The maximum atomic E-state index is 5.91. The molecule has 0 saturated heterocycles. The zero-order valence-corrected chi connectivity index (χ0v) is 11.1. The highest BCUT2D eigenvalue weighted by Crippen LogP contribution is 2.39. The van der Waals surface area contributed by atoms with Crippen molar-refractivity contribution in [3.63, 3.8) is 0 Å². The third-order valence-electron chi connectivity index (χ3n) is 2.98. The van der Waals surface area contributed by atoms with Crippen LogP contribution in [0.15, 0.2) is 16.6 Å². The lowest BCUT2D eigenvalue weighted by molar-refractivity contribution is 0.196. The summed E-state index contributed by atoms with van der Waals surface area (Å²) in [6, 6.07) is 4.15. The van der Waals surface area contributed by atoms with Crippen LogP contribution < -0.4 is 15.2 Å². The fraction of sp³-hybridized carbons (Fsp3) is 0.500. The van der Waals surface area contributed by atoms with Crippen LogP contribution in [-0.4, -0.2) is 19.8 Å². The first-order valence-corrected chi connectivity index (χ1v) is 6.16. The molecule has 2 rings (SSSR count). The first-order chi connectivity index (χ1) is 7.61.